The van der Waals surface area contributed by atoms with Gasteiger partial charge < -0.3 is 9.47 Å². The lowest BCUT2D eigenvalue weighted by molar-refractivity contribution is -0.284. The summed E-state index contributed by atoms with van der Waals surface area (Å²) in [6, 6.07) is 0. The molecule has 0 aromatic carbocycles. The summed E-state index contributed by atoms with van der Waals surface area (Å²) in [6.45, 7) is 1.44. The lowest BCUT2D eigenvalue weighted by Gasteiger charge is -2.66. The molecule has 0 aromatic rings. The summed E-state index contributed by atoms with van der Waals surface area (Å²) in [5.41, 5.74) is 0.153. The molecule has 2 bridgehead atoms. The molecule has 1 saturated heterocycles. The fraction of sp³-hybridized carbons (Fsp3) is 1.00. The van der Waals surface area contributed by atoms with Crippen LogP contribution in [0.15, 0.2) is 0 Å². The van der Waals surface area contributed by atoms with Crippen LogP contribution in [0, 0.1) is 17.3 Å². The Kier molecular flexibility index (Phi) is 4.91. The molecule has 0 unspecified atom stereocenters. The second kappa shape index (κ2) is 6.67. The van der Waals surface area contributed by atoms with E-state index >= 15 is 0 Å². The van der Waals surface area contributed by atoms with Gasteiger partial charge in [-0.1, -0.05) is 51.4 Å². The van der Waals surface area contributed by atoms with E-state index in [0.717, 1.165) is 19.6 Å². The van der Waals surface area contributed by atoms with Gasteiger partial charge in [0.2, 0.25) is 0 Å². The van der Waals surface area contributed by atoms with E-state index in [9.17, 15) is 0 Å². The summed E-state index contributed by atoms with van der Waals surface area (Å²) in [7, 11) is 0. The molecule has 4 fully saturated rings. The lowest BCUT2D eigenvalue weighted by atomic mass is 9.47. The van der Waals surface area contributed by atoms with Crippen LogP contribution in [0.1, 0.15) is 70.6 Å². The first-order valence-corrected chi connectivity index (χ1v) is 10.6. The second-order valence-electron chi connectivity index (χ2n) is 8.35. The van der Waals surface area contributed by atoms with Crippen molar-refractivity contribution in [2.45, 2.75) is 87.2 Å². The fourth-order valence-corrected chi connectivity index (χ4v) is 7.23. The highest BCUT2D eigenvalue weighted by Crippen LogP contribution is 2.68. The number of ether oxygens (including phenoxy) is 2. The first-order chi connectivity index (χ1) is 11.2. The van der Waals surface area contributed by atoms with Crippen molar-refractivity contribution >= 4 is 23.2 Å². The van der Waals surface area contributed by atoms with Gasteiger partial charge in [0, 0.05) is 12.3 Å². The van der Waals surface area contributed by atoms with Crippen LogP contribution in [0.2, 0.25) is 0 Å². The first kappa shape index (κ1) is 16.9. The molecule has 2 nitrogen and oxygen atoms in total. The van der Waals surface area contributed by atoms with E-state index < -0.39 is 5.79 Å². The minimum atomic E-state index is -0.426. The highest BCUT2D eigenvalue weighted by molar-refractivity contribution is 6.32. The lowest BCUT2D eigenvalue weighted by Crippen LogP contribution is -2.71. The molecule has 0 radical (unpaired) electrons. The minimum Gasteiger partial charge on any atom is -0.347 e. The molecule has 4 heteroatoms. The Morgan fingerprint density at radius 1 is 0.783 bits per heavy atom. The van der Waals surface area contributed by atoms with Crippen LogP contribution >= 0.6 is 23.2 Å². The van der Waals surface area contributed by atoms with Gasteiger partial charge in [-0.25, -0.2) is 0 Å². The van der Waals surface area contributed by atoms with E-state index in [1.807, 2.05) is 0 Å². The molecule has 3 saturated carbocycles. The quantitative estimate of drug-likeness (QED) is 0.531. The average Bonchev–Trinajstić information content (AvgIpc) is 2.99. The minimum absolute atomic E-state index is 0.00335. The molecule has 132 valence electrons. The van der Waals surface area contributed by atoms with E-state index in [0.29, 0.717) is 11.8 Å². The van der Waals surface area contributed by atoms with Gasteiger partial charge in [0.15, 0.2) is 5.79 Å². The van der Waals surface area contributed by atoms with Crippen molar-refractivity contribution in [3.05, 3.63) is 0 Å². The normalized spacial score (nSPS) is 47.2. The smallest absolute Gasteiger partial charge is 0.173 e. The maximum absolute atomic E-state index is 6.84. The molecule has 4 aliphatic rings. The molecule has 3 aliphatic carbocycles. The zero-order chi connectivity index (χ0) is 15.9. The number of rotatable bonds is 0. The maximum atomic E-state index is 6.84. The van der Waals surface area contributed by atoms with Gasteiger partial charge in [0.1, 0.15) is 0 Å². The van der Waals surface area contributed by atoms with Crippen LogP contribution in [0.5, 0.6) is 0 Å². The number of halogens is 2. The molecule has 5 atom stereocenters. The zero-order valence-corrected chi connectivity index (χ0v) is 15.6. The fourth-order valence-electron chi connectivity index (χ4n) is 6.05. The molecule has 2 spiro atoms. The summed E-state index contributed by atoms with van der Waals surface area (Å²) in [6.07, 6.45) is 14.3. The predicted molar refractivity (Wildman–Crippen MR) is 94.1 cm³/mol. The molecule has 4 rings (SSSR count). The van der Waals surface area contributed by atoms with E-state index in [-0.39, 0.29) is 16.2 Å². The van der Waals surface area contributed by atoms with Crippen molar-refractivity contribution in [2.75, 3.05) is 13.2 Å². The topological polar surface area (TPSA) is 18.5 Å². The van der Waals surface area contributed by atoms with Crippen LogP contribution in [0.3, 0.4) is 0 Å². The van der Waals surface area contributed by atoms with Crippen molar-refractivity contribution in [3.63, 3.8) is 0 Å². The number of hydrogen-bond acceptors (Lipinski definition) is 2. The molecule has 23 heavy (non-hydrogen) atoms. The monoisotopic (exact) mass is 360 g/mol. The Labute approximate surface area is 150 Å². The van der Waals surface area contributed by atoms with Crippen LogP contribution in [0.25, 0.3) is 0 Å². The summed E-state index contributed by atoms with van der Waals surface area (Å²) in [5.74, 6) is 0.556. The van der Waals surface area contributed by atoms with Gasteiger partial charge in [-0.05, 0) is 24.2 Å². The van der Waals surface area contributed by atoms with Gasteiger partial charge in [-0.15, -0.1) is 23.2 Å². The van der Waals surface area contributed by atoms with Crippen LogP contribution in [-0.4, -0.2) is 29.8 Å². The van der Waals surface area contributed by atoms with Gasteiger partial charge in [0.25, 0.3) is 0 Å². The van der Waals surface area contributed by atoms with Gasteiger partial charge in [0.05, 0.1) is 24.0 Å². The van der Waals surface area contributed by atoms with Crippen LogP contribution in [0.4, 0.5) is 0 Å². The zero-order valence-electron chi connectivity index (χ0n) is 14.1. The summed E-state index contributed by atoms with van der Waals surface area (Å²) < 4.78 is 12.4. The van der Waals surface area contributed by atoms with Crippen molar-refractivity contribution in [3.8, 4) is 0 Å². The SMILES string of the molecule is Cl[C@@H]1[C@H](Cl)[C@@]23CCCCCCCCC[C@@H](CC4(OCCO4)[C@H]12)C3. The van der Waals surface area contributed by atoms with Crippen molar-refractivity contribution in [2.24, 2.45) is 17.3 Å². The second-order valence-corrected chi connectivity index (χ2v) is 9.33. The van der Waals surface area contributed by atoms with Gasteiger partial charge in [-0.3, -0.25) is 0 Å². The Morgan fingerprint density at radius 2 is 1.43 bits per heavy atom. The van der Waals surface area contributed by atoms with Gasteiger partial charge >= 0.3 is 0 Å². The molecule has 0 aromatic heterocycles. The Hall–Kier alpha value is 0.500. The molecule has 1 aliphatic heterocycles. The number of fused-ring (bicyclic) bond motifs is 2. The third-order valence-electron chi connectivity index (χ3n) is 7.01. The Bertz CT molecular complexity index is 424. The van der Waals surface area contributed by atoms with Crippen LogP contribution in [-0.2, 0) is 9.47 Å². The maximum Gasteiger partial charge on any atom is 0.173 e. The first-order valence-electron chi connectivity index (χ1n) is 9.74. The summed E-state index contributed by atoms with van der Waals surface area (Å²) in [5, 5.41) is 0.0909. The largest absolute Gasteiger partial charge is 0.347 e. The summed E-state index contributed by atoms with van der Waals surface area (Å²) in [4.78, 5) is 0. The number of hydrogen-bond donors (Lipinski definition) is 0. The molecule has 0 amide bonds. The Morgan fingerprint density at radius 3 is 2.17 bits per heavy atom. The summed E-state index contributed by atoms with van der Waals surface area (Å²) >= 11 is 13.6. The third-order valence-corrected chi connectivity index (χ3v) is 8.35. The highest BCUT2D eigenvalue weighted by Gasteiger charge is 2.71. The van der Waals surface area contributed by atoms with E-state index in [2.05, 4.69) is 0 Å². The molecule has 1 heterocycles. The van der Waals surface area contributed by atoms with Crippen molar-refractivity contribution in [1.82, 2.24) is 0 Å². The third kappa shape index (κ3) is 2.76. The van der Waals surface area contributed by atoms with E-state index in [4.69, 9.17) is 32.7 Å². The average molecular weight is 361 g/mol. The molecular weight excluding hydrogens is 331 g/mol. The number of alkyl halides is 2. The predicted octanol–water partition coefficient (Wildman–Crippen LogP) is 5.50. The van der Waals surface area contributed by atoms with E-state index in [1.54, 1.807) is 0 Å². The molecular formula is C19H30Cl2O2. The Balaban J connectivity index is 1.61. The molecule has 0 N–H and O–H groups in total. The van der Waals surface area contributed by atoms with E-state index in [1.165, 1.54) is 64.2 Å². The highest BCUT2D eigenvalue weighted by atomic mass is 35.5. The van der Waals surface area contributed by atoms with Crippen molar-refractivity contribution in [1.29, 1.82) is 0 Å². The van der Waals surface area contributed by atoms with Crippen LogP contribution < -0.4 is 0 Å². The standard InChI is InChI=1S/C19H30Cl2O2/c20-15-16-18(17(15)21)9-7-5-3-1-2-4-6-8-14(12-18)13-19(16)22-10-11-23-19/h14-17H,1-13H2/t14-,15+,16-,17+,18-/m1/s1. The van der Waals surface area contributed by atoms with Gasteiger partial charge in [-0.2, -0.15) is 0 Å². The van der Waals surface area contributed by atoms with Crippen molar-refractivity contribution < 1.29 is 9.47 Å².